The van der Waals surface area contributed by atoms with Crippen LogP contribution in [0.25, 0.3) is 58.8 Å². The fourth-order valence-electron chi connectivity index (χ4n) is 12.4. The van der Waals surface area contributed by atoms with Crippen LogP contribution >= 0.6 is 11.3 Å². The quantitative estimate of drug-likeness (QED) is 0.149. The molecule has 0 amide bonds. The molecule has 0 aliphatic heterocycles. The first-order valence-electron chi connectivity index (χ1n) is 23.7. The van der Waals surface area contributed by atoms with E-state index in [9.17, 15) is 0 Å². The number of nitrogens with zero attached hydrogens (tertiary/aromatic N) is 1. The van der Waals surface area contributed by atoms with Crippen molar-refractivity contribution < 1.29 is 4.42 Å². The van der Waals surface area contributed by atoms with Crippen molar-refractivity contribution in [2.24, 2.45) is 11.8 Å². The average molecular weight is 846 g/mol. The van der Waals surface area contributed by atoms with Gasteiger partial charge in [-0.1, -0.05) is 169 Å². The van der Waals surface area contributed by atoms with E-state index in [1.165, 1.54) is 75.6 Å². The van der Waals surface area contributed by atoms with E-state index in [4.69, 9.17) is 4.42 Å². The topological polar surface area (TPSA) is 16.4 Å². The Morgan fingerprint density at radius 1 is 0.594 bits per heavy atom. The van der Waals surface area contributed by atoms with Crippen LogP contribution in [-0.4, -0.2) is 6.04 Å². The smallest absolute Gasteiger partial charge is 0.159 e. The molecule has 3 heteroatoms. The molecule has 64 heavy (non-hydrogen) atoms. The molecule has 2 nitrogen and oxygen atoms in total. The molecule has 0 fully saturated rings. The number of hydrogen-bond acceptors (Lipinski definition) is 3. The van der Waals surface area contributed by atoms with Gasteiger partial charge in [0.15, 0.2) is 5.58 Å². The lowest BCUT2D eigenvalue weighted by Crippen LogP contribution is -2.33. The van der Waals surface area contributed by atoms with Gasteiger partial charge in [-0.3, -0.25) is 0 Å². The zero-order valence-corrected chi connectivity index (χ0v) is 37.0. The normalized spacial score (nSPS) is 22.2. The van der Waals surface area contributed by atoms with E-state index >= 15 is 0 Å². The summed E-state index contributed by atoms with van der Waals surface area (Å²) in [5.41, 5.74) is 15.4. The van der Waals surface area contributed by atoms with Crippen LogP contribution in [-0.2, 0) is 5.41 Å². The fourth-order valence-corrected chi connectivity index (χ4v) is 13.7. The Labute approximate surface area is 380 Å². The molecule has 3 unspecified atom stereocenters. The van der Waals surface area contributed by atoms with Gasteiger partial charge in [-0.15, -0.1) is 11.3 Å². The highest BCUT2D eigenvalue weighted by Gasteiger charge is 2.50. The number of anilines is 2. The van der Waals surface area contributed by atoms with Gasteiger partial charge in [0.1, 0.15) is 5.58 Å². The number of rotatable bonds is 7. The SMILES string of the molecule is C1=CCCC(C2(C3=CC=CCC3)C3=C(C=CCC3)c3c2ccc2c3oc3c(N(c4ccc(-c5cccc6c5sc5ccccc56)cc4)C4C=CC(C5C=CC=CC5)CC4)cccc32)=C1. The molecule has 2 heterocycles. The lowest BCUT2D eigenvalue weighted by atomic mass is 9.61. The monoisotopic (exact) mass is 845 g/mol. The first-order chi connectivity index (χ1) is 31.8. The number of allylic oxidation sites excluding steroid dienone is 17. The van der Waals surface area contributed by atoms with E-state index in [2.05, 4.69) is 187 Å². The maximum absolute atomic E-state index is 7.51. The highest BCUT2D eigenvalue weighted by atomic mass is 32.1. The second kappa shape index (κ2) is 15.4. The van der Waals surface area contributed by atoms with Gasteiger partial charge in [0.2, 0.25) is 0 Å². The standard InChI is InChI=1S/C61H51NOS/c1-4-16-40(17-5-1)41-30-34-45(35-31-41)62(46-36-32-42(33-37-46)47-24-14-26-51-48-22-11-13-29-56(48)64-60(47)51)55-28-15-25-49-50-38-39-54-57(59(50)63-58(49)55)52-23-10-12-27-53(52)61(54,43-18-6-2-7-19-43)44-20-8-3-9-21-44/h1-6,8,10-11,13-16,18,20,22-26,28-30,32-34,36-41,45H,7,9,12,17,19,21,27,31,35H2. The van der Waals surface area contributed by atoms with E-state index in [0.717, 1.165) is 74.6 Å². The average Bonchev–Trinajstić information content (AvgIpc) is 4.04. The Morgan fingerprint density at radius 3 is 2.16 bits per heavy atom. The molecule has 2 aromatic heterocycles. The second-order valence-corrected chi connectivity index (χ2v) is 19.7. The Morgan fingerprint density at radius 2 is 1.38 bits per heavy atom. The van der Waals surface area contributed by atoms with Crippen molar-refractivity contribution in [2.45, 2.75) is 69.2 Å². The zero-order chi connectivity index (χ0) is 42.2. The fraction of sp³-hybridized carbons (Fsp3) is 0.213. The van der Waals surface area contributed by atoms with Gasteiger partial charge < -0.3 is 9.32 Å². The van der Waals surface area contributed by atoms with Gasteiger partial charge in [0.25, 0.3) is 0 Å². The van der Waals surface area contributed by atoms with Crippen LogP contribution in [0.2, 0.25) is 0 Å². The number of thiophene rings is 1. The van der Waals surface area contributed by atoms with E-state index in [1.807, 2.05) is 11.3 Å². The van der Waals surface area contributed by atoms with Gasteiger partial charge in [-0.2, -0.15) is 0 Å². The minimum Gasteiger partial charge on any atom is -0.453 e. The van der Waals surface area contributed by atoms with Crippen LogP contribution in [0.4, 0.5) is 11.4 Å². The van der Waals surface area contributed by atoms with Crippen LogP contribution in [0.3, 0.4) is 0 Å². The molecule has 3 atom stereocenters. The van der Waals surface area contributed by atoms with E-state index in [-0.39, 0.29) is 11.5 Å². The van der Waals surface area contributed by atoms with Gasteiger partial charge in [-0.05, 0) is 122 Å². The zero-order valence-electron chi connectivity index (χ0n) is 36.2. The molecule has 6 aliphatic carbocycles. The molecule has 5 aromatic carbocycles. The highest BCUT2D eigenvalue weighted by molar-refractivity contribution is 7.26. The van der Waals surface area contributed by atoms with Crippen molar-refractivity contribution in [3.05, 3.63) is 210 Å². The van der Waals surface area contributed by atoms with E-state index < -0.39 is 0 Å². The maximum atomic E-state index is 7.51. The first-order valence-corrected chi connectivity index (χ1v) is 24.5. The third kappa shape index (κ3) is 5.83. The van der Waals surface area contributed by atoms with Gasteiger partial charge in [0.05, 0.1) is 17.1 Å². The summed E-state index contributed by atoms with van der Waals surface area (Å²) in [6.45, 7) is 0. The molecule has 312 valence electrons. The van der Waals surface area contributed by atoms with E-state index in [1.54, 1.807) is 5.57 Å². The van der Waals surface area contributed by atoms with Gasteiger partial charge >= 0.3 is 0 Å². The van der Waals surface area contributed by atoms with Crippen molar-refractivity contribution >= 4 is 70.4 Å². The molecule has 0 bridgehead atoms. The summed E-state index contributed by atoms with van der Waals surface area (Å²) in [7, 11) is 0. The van der Waals surface area contributed by atoms with Crippen LogP contribution in [0, 0.1) is 11.8 Å². The van der Waals surface area contributed by atoms with E-state index in [0.29, 0.717) is 11.8 Å². The Bertz CT molecular complexity index is 3300. The van der Waals surface area contributed by atoms with Crippen molar-refractivity contribution in [1.29, 1.82) is 0 Å². The molecule has 0 saturated carbocycles. The molecule has 0 N–H and O–H groups in total. The highest BCUT2D eigenvalue weighted by Crippen LogP contribution is 2.62. The molecule has 6 aliphatic rings. The Hall–Kier alpha value is -6.42. The number of hydrogen-bond donors (Lipinski definition) is 0. The third-order valence-corrected chi connectivity index (χ3v) is 16.5. The summed E-state index contributed by atoms with van der Waals surface area (Å²) >= 11 is 1.90. The van der Waals surface area contributed by atoms with Crippen LogP contribution < -0.4 is 4.90 Å². The summed E-state index contributed by atoms with van der Waals surface area (Å²) in [5, 5.41) is 5.06. The number of benzene rings is 5. The molecular weight excluding hydrogens is 795 g/mol. The summed E-state index contributed by atoms with van der Waals surface area (Å²) in [6, 6.07) is 36.9. The third-order valence-electron chi connectivity index (χ3n) is 15.3. The summed E-state index contributed by atoms with van der Waals surface area (Å²) in [6.07, 6.45) is 43.0. The molecule has 13 rings (SSSR count). The van der Waals surface area contributed by atoms with Crippen molar-refractivity contribution in [3.8, 4) is 11.1 Å². The second-order valence-electron chi connectivity index (χ2n) is 18.6. The molecule has 0 saturated heterocycles. The molecule has 0 spiro atoms. The van der Waals surface area contributed by atoms with Gasteiger partial charge in [-0.25, -0.2) is 0 Å². The van der Waals surface area contributed by atoms with Crippen molar-refractivity contribution in [2.75, 3.05) is 4.90 Å². The molecular formula is C61H51NOS. The predicted molar refractivity (Wildman–Crippen MR) is 273 cm³/mol. The largest absolute Gasteiger partial charge is 0.453 e. The predicted octanol–water partition coefficient (Wildman–Crippen LogP) is 17.1. The Kier molecular flexibility index (Phi) is 9.15. The summed E-state index contributed by atoms with van der Waals surface area (Å²) < 4.78 is 10.2. The lowest BCUT2D eigenvalue weighted by molar-refractivity contribution is 0.406. The van der Waals surface area contributed by atoms with Crippen LogP contribution in [0.15, 0.2) is 203 Å². The maximum Gasteiger partial charge on any atom is 0.159 e. The summed E-state index contributed by atoms with van der Waals surface area (Å²) in [4.78, 5) is 2.59. The number of furan rings is 1. The summed E-state index contributed by atoms with van der Waals surface area (Å²) in [5.74, 6) is 1.11. The minimum atomic E-state index is -0.234. The molecule has 7 aromatic rings. The van der Waals surface area contributed by atoms with Crippen molar-refractivity contribution in [1.82, 2.24) is 0 Å². The van der Waals surface area contributed by atoms with Crippen molar-refractivity contribution in [3.63, 3.8) is 0 Å². The Balaban J connectivity index is 0.979. The van der Waals surface area contributed by atoms with Crippen LogP contribution in [0.1, 0.15) is 68.9 Å². The van der Waals surface area contributed by atoms with Gasteiger partial charge in [0, 0.05) is 42.2 Å². The number of fused-ring (bicyclic) bond motifs is 9. The van der Waals surface area contributed by atoms with Crippen LogP contribution in [0.5, 0.6) is 0 Å². The first kappa shape index (κ1) is 38.1. The molecule has 0 radical (unpaired) electrons. The number of para-hydroxylation sites is 1. The minimum absolute atomic E-state index is 0.182. The lowest BCUT2D eigenvalue weighted by Gasteiger charge is -2.41.